The molecule has 0 spiro atoms. The molecule has 0 saturated carbocycles. The summed E-state index contributed by atoms with van der Waals surface area (Å²) in [4.78, 5) is 0. The van der Waals surface area contributed by atoms with Gasteiger partial charge in [0, 0.05) is 11.8 Å². The minimum Gasteiger partial charge on any atom is -0.392 e. The van der Waals surface area contributed by atoms with Gasteiger partial charge in [0.1, 0.15) is 0 Å². The highest BCUT2D eigenvalue weighted by molar-refractivity contribution is 6.09. The van der Waals surface area contributed by atoms with Crippen LogP contribution in [0.2, 0.25) is 0 Å². The topological polar surface area (TPSA) is 40.5 Å². The lowest BCUT2D eigenvalue weighted by molar-refractivity contribution is 0.298. The Hall–Kier alpha value is -3.46. The van der Waals surface area contributed by atoms with Gasteiger partial charge in [-0.15, -0.1) is 0 Å². The van der Waals surface area contributed by atoms with E-state index in [2.05, 4.69) is 84.9 Å². The number of rotatable bonds is 4. The Bertz CT molecular complexity index is 1280. The third-order valence-corrected chi connectivity index (χ3v) is 7.04. The monoisotopic (exact) mass is 416 g/mol. The zero-order chi connectivity index (χ0) is 21.7. The largest absolute Gasteiger partial charge is 0.392 e. The highest BCUT2D eigenvalue weighted by Gasteiger charge is 2.39. The Morgan fingerprint density at radius 2 is 0.875 bits per heavy atom. The van der Waals surface area contributed by atoms with Gasteiger partial charge in [0.15, 0.2) is 0 Å². The van der Waals surface area contributed by atoms with E-state index in [1.165, 1.54) is 44.2 Å². The number of allylic oxidation sites excluding steroid dienone is 2. The molecule has 2 atom stereocenters. The lowest BCUT2D eigenvalue weighted by atomic mass is 9.63. The zero-order valence-corrected chi connectivity index (χ0v) is 17.7. The predicted molar refractivity (Wildman–Crippen MR) is 131 cm³/mol. The molecule has 156 valence electrons. The van der Waals surface area contributed by atoms with Gasteiger partial charge in [-0.3, -0.25) is 0 Å². The van der Waals surface area contributed by atoms with E-state index < -0.39 is 0 Å². The molecule has 0 heterocycles. The van der Waals surface area contributed by atoms with E-state index >= 15 is 0 Å². The number of aliphatic hydroxyl groups excluding tert-OH is 2. The highest BCUT2D eigenvalue weighted by atomic mass is 16.3. The summed E-state index contributed by atoms with van der Waals surface area (Å²) in [7, 11) is 0. The van der Waals surface area contributed by atoms with Gasteiger partial charge in [-0.05, 0) is 55.3 Å². The minimum atomic E-state index is -0.0391. The first-order valence-electron chi connectivity index (χ1n) is 11.1. The average Bonchev–Trinajstić information content (AvgIpc) is 2.87. The van der Waals surface area contributed by atoms with E-state index in [1.54, 1.807) is 0 Å². The molecule has 2 N–H and O–H groups in total. The normalized spacial score (nSPS) is 18.9. The van der Waals surface area contributed by atoms with Crippen molar-refractivity contribution in [1.82, 2.24) is 0 Å². The molecule has 0 aromatic heterocycles. The average molecular weight is 417 g/mol. The van der Waals surface area contributed by atoms with Crippen molar-refractivity contribution in [2.24, 2.45) is 0 Å². The van der Waals surface area contributed by atoms with Crippen LogP contribution in [-0.2, 0) is 0 Å². The molecule has 0 amide bonds. The SMILES string of the molecule is OCC1=C(CO)C2C=CC1c1c2c(-c2ccccc2)c2ccccc2c1-c1ccccc1. The Labute approximate surface area is 187 Å². The van der Waals surface area contributed by atoms with Crippen LogP contribution in [0.25, 0.3) is 33.0 Å². The Morgan fingerprint density at radius 1 is 0.500 bits per heavy atom. The summed E-state index contributed by atoms with van der Waals surface area (Å²) in [6.45, 7) is -0.0782. The lowest BCUT2D eigenvalue weighted by Crippen LogP contribution is -2.26. The van der Waals surface area contributed by atoms with Gasteiger partial charge in [0.25, 0.3) is 0 Å². The zero-order valence-electron chi connectivity index (χ0n) is 17.7. The maximum atomic E-state index is 10.3. The number of benzene rings is 4. The first-order chi connectivity index (χ1) is 15.8. The molecule has 0 aliphatic heterocycles. The van der Waals surface area contributed by atoms with Crippen LogP contribution < -0.4 is 0 Å². The fourth-order valence-electron chi connectivity index (χ4n) is 5.75. The molecule has 7 rings (SSSR count). The summed E-state index contributed by atoms with van der Waals surface area (Å²) in [5, 5.41) is 23.0. The highest BCUT2D eigenvalue weighted by Crippen LogP contribution is 2.56. The van der Waals surface area contributed by atoms with E-state index in [-0.39, 0.29) is 25.0 Å². The number of hydrogen-bond acceptors (Lipinski definition) is 2. The molecular weight excluding hydrogens is 392 g/mol. The van der Waals surface area contributed by atoms with E-state index in [0.717, 1.165) is 11.1 Å². The predicted octanol–water partition coefficient (Wildman–Crippen LogP) is 6.21. The molecule has 2 nitrogen and oxygen atoms in total. The summed E-state index contributed by atoms with van der Waals surface area (Å²) in [6, 6.07) is 29.8. The molecule has 0 radical (unpaired) electrons. The van der Waals surface area contributed by atoms with Gasteiger partial charge in [-0.1, -0.05) is 97.1 Å². The van der Waals surface area contributed by atoms with Gasteiger partial charge in [0.05, 0.1) is 13.2 Å². The van der Waals surface area contributed by atoms with Gasteiger partial charge < -0.3 is 10.2 Å². The number of aliphatic hydroxyl groups is 2. The van der Waals surface area contributed by atoms with Crippen molar-refractivity contribution in [3.05, 3.63) is 119 Å². The molecule has 3 aliphatic carbocycles. The van der Waals surface area contributed by atoms with Crippen LogP contribution in [0.5, 0.6) is 0 Å². The molecule has 3 aliphatic rings. The second kappa shape index (κ2) is 7.59. The smallest absolute Gasteiger partial charge is 0.0654 e. The van der Waals surface area contributed by atoms with Crippen LogP contribution in [-0.4, -0.2) is 23.4 Å². The Kier molecular flexibility index (Phi) is 4.57. The first-order valence-corrected chi connectivity index (χ1v) is 11.1. The van der Waals surface area contributed by atoms with Gasteiger partial charge in [0.2, 0.25) is 0 Å². The number of hydrogen-bond donors (Lipinski definition) is 2. The van der Waals surface area contributed by atoms with Crippen molar-refractivity contribution in [3.8, 4) is 22.3 Å². The third-order valence-electron chi connectivity index (χ3n) is 7.04. The molecule has 0 saturated heterocycles. The molecule has 2 bridgehead atoms. The fourth-order valence-corrected chi connectivity index (χ4v) is 5.75. The molecule has 2 heteroatoms. The molecule has 32 heavy (non-hydrogen) atoms. The first kappa shape index (κ1) is 19.2. The molecule has 0 fully saturated rings. The van der Waals surface area contributed by atoms with Crippen molar-refractivity contribution in [1.29, 1.82) is 0 Å². The van der Waals surface area contributed by atoms with Crippen molar-refractivity contribution in [2.45, 2.75) is 11.8 Å². The molecule has 4 aromatic carbocycles. The van der Waals surface area contributed by atoms with Crippen LogP contribution in [0.15, 0.2) is 108 Å². The number of fused-ring (bicyclic) bond motifs is 1. The summed E-state index contributed by atoms with van der Waals surface area (Å²) in [5.41, 5.74) is 9.26. The van der Waals surface area contributed by atoms with E-state index in [0.29, 0.717) is 0 Å². The summed E-state index contributed by atoms with van der Waals surface area (Å²) < 4.78 is 0. The van der Waals surface area contributed by atoms with Gasteiger partial charge >= 0.3 is 0 Å². The van der Waals surface area contributed by atoms with Crippen LogP contribution in [0.3, 0.4) is 0 Å². The summed E-state index contributed by atoms with van der Waals surface area (Å²) in [5.74, 6) is -0.0751. The van der Waals surface area contributed by atoms with Crippen LogP contribution in [0.4, 0.5) is 0 Å². The quantitative estimate of drug-likeness (QED) is 0.389. The Balaban J connectivity index is 1.82. The maximum Gasteiger partial charge on any atom is 0.0654 e. The van der Waals surface area contributed by atoms with Crippen molar-refractivity contribution >= 4 is 10.8 Å². The van der Waals surface area contributed by atoms with Crippen molar-refractivity contribution in [2.75, 3.05) is 13.2 Å². The Morgan fingerprint density at radius 3 is 1.25 bits per heavy atom. The van der Waals surface area contributed by atoms with Crippen LogP contribution in [0, 0.1) is 0 Å². The molecule has 2 unspecified atom stereocenters. The second-order valence-corrected chi connectivity index (χ2v) is 8.56. The van der Waals surface area contributed by atoms with Crippen molar-refractivity contribution < 1.29 is 10.2 Å². The maximum absolute atomic E-state index is 10.3. The molecule has 4 aromatic rings. The molecular formula is C30H24O2. The van der Waals surface area contributed by atoms with Crippen LogP contribution in [0.1, 0.15) is 23.0 Å². The summed E-state index contributed by atoms with van der Waals surface area (Å²) >= 11 is 0. The van der Waals surface area contributed by atoms with Gasteiger partial charge in [-0.2, -0.15) is 0 Å². The third kappa shape index (κ3) is 2.67. The second-order valence-electron chi connectivity index (χ2n) is 8.56. The van der Waals surface area contributed by atoms with Crippen molar-refractivity contribution in [3.63, 3.8) is 0 Å². The summed E-state index contributed by atoms with van der Waals surface area (Å²) in [6.07, 6.45) is 4.43. The van der Waals surface area contributed by atoms with E-state index in [4.69, 9.17) is 0 Å². The van der Waals surface area contributed by atoms with E-state index in [1.807, 2.05) is 12.1 Å². The minimum absolute atomic E-state index is 0.0376. The van der Waals surface area contributed by atoms with Gasteiger partial charge in [-0.25, -0.2) is 0 Å². The lowest BCUT2D eigenvalue weighted by Gasteiger charge is -2.41. The van der Waals surface area contributed by atoms with E-state index in [9.17, 15) is 10.2 Å². The fraction of sp³-hybridized carbons (Fsp3) is 0.133. The van der Waals surface area contributed by atoms with Crippen LogP contribution >= 0.6 is 0 Å². The standard InChI is InChI=1S/C30H24O2/c31-17-25-23-15-16-24(26(25)18-32)30-28(20-11-5-2-6-12-20)22-14-8-7-13-21(22)27(29(23)30)19-9-3-1-4-10-19/h1-16,23-24,31-32H,17-18H2.